The van der Waals surface area contributed by atoms with Crippen LogP contribution in [-0.4, -0.2) is 50.4 Å². The van der Waals surface area contributed by atoms with Crippen molar-refractivity contribution < 1.29 is 19.1 Å². The molecule has 20 heavy (non-hydrogen) atoms. The maximum Gasteiger partial charge on any atom is 0.420 e. The SMILES string of the molecule is COc1ccc(NC(=O)OC(=O)N2CCNCC2)cc1. The number of rotatable bonds is 2. The van der Waals surface area contributed by atoms with Crippen LogP contribution < -0.4 is 15.4 Å². The van der Waals surface area contributed by atoms with Crippen LogP contribution in [0.25, 0.3) is 0 Å². The van der Waals surface area contributed by atoms with Crippen molar-refractivity contribution in [1.29, 1.82) is 0 Å². The average molecular weight is 279 g/mol. The van der Waals surface area contributed by atoms with E-state index in [1.165, 1.54) is 4.90 Å². The number of hydrogen-bond donors (Lipinski definition) is 2. The molecule has 0 bridgehead atoms. The van der Waals surface area contributed by atoms with Crippen molar-refractivity contribution in [2.24, 2.45) is 0 Å². The highest BCUT2D eigenvalue weighted by Gasteiger charge is 2.20. The summed E-state index contributed by atoms with van der Waals surface area (Å²) in [5, 5.41) is 5.60. The number of hydrogen-bond acceptors (Lipinski definition) is 5. The van der Waals surface area contributed by atoms with Gasteiger partial charge in [-0.3, -0.25) is 5.32 Å². The third-order valence-corrected chi connectivity index (χ3v) is 2.89. The maximum absolute atomic E-state index is 11.7. The Bertz CT molecular complexity index is 469. The summed E-state index contributed by atoms with van der Waals surface area (Å²) in [4.78, 5) is 24.8. The number of ether oxygens (including phenoxy) is 2. The molecule has 2 N–H and O–H groups in total. The van der Waals surface area contributed by atoms with Crippen molar-refractivity contribution in [1.82, 2.24) is 10.2 Å². The van der Waals surface area contributed by atoms with Crippen LogP contribution in [-0.2, 0) is 4.74 Å². The Hall–Kier alpha value is -2.28. The summed E-state index contributed by atoms with van der Waals surface area (Å²) in [7, 11) is 1.56. The molecule has 108 valence electrons. The molecule has 1 heterocycles. The molecule has 0 aromatic heterocycles. The van der Waals surface area contributed by atoms with Gasteiger partial charge in [0.25, 0.3) is 0 Å². The van der Waals surface area contributed by atoms with E-state index in [9.17, 15) is 9.59 Å². The van der Waals surface area contributed by atoms with Gasteiger partial charge in [0.15, 0.2) is 0 Å². The van der Waals surface area contributed by atoms with Gasteiger partial charge in [-0.15, -0.1) is 0 Å². The molecule has 1 aromatic rings. The zero-order valence-electron chi connectivity index (χ0n) is 11.2. The molecule has 1 saturated heterocycles. The topological polar surface area (TPSA) is 79.9 Å². The first-order chi connectivity index (χ1) is 9.69. The zero-order chi connectivity index (χ0) is 14.4. The van der Waals surface area contributed by atoms with Crippen molar-refractivity contribution in [2.75, 3.05) is 38.6 Å². The van der Waals surface area contributed by atoms with E-state index in [4.69, 9.17) is 9.47 Å². The fraction of sp³-hybridized carbons (Fsp3) is 0.385. The quantitative estimate of drug-likeness (QED) is 0.797. The number of amides is 2. The van der Waals surface area contributed by atoms with Gasteiger partial charge in [-0.05, 0) is 24.3 Å². The van der Waals surface area contributed by atoms with Gasteiger partial charge in [0, 0.05) is 31.9 Å². The van der Waals surface area contributed by atoms with Crippen LogP contribution in [0.1, 0.15) is 0 Å². The van der Waals surface area contributed by atoms with Crippen molar-refractivity contribution in [3.05, 3.63) is 24.3 Å². The third-order valence-electron chi connectivity index (χ3n) is 2.89. The molecule has 0 aliphatic carbocycles. The van der Waals surface area contributed by atoms with Crippen LogP contribution in [0.5, 0.6) is 5.75 Å². The first-order valence-electron chi connectivity index (χ1n) is 6.31. The highest BCUT2D eigenvalue weighted by atomic mass is 16.6. The van der Waals surface area contributed by atoms with E-state index >= 15 is 0 Å². The van der Waals surface area contributed by atoms with Crippen LogP contribution in [0.4, 0.5) is 15.3 Å². The molecule has 0 unspecified atom stereocenters. The number of piperazine rings is 1. The molecular weight excluding hydrogens is 262 g/mol. The van der Waals surface area contributed by atoms with Crippen molar-refractivity contribution >= 4 is 17.9 Å². The summed E-state index contributed by atoms with van der Waals surface area (Å²) in [5.74, 6) is 0.681. The van der Waals surface area contributed by atoms with Gasteiger partial charge in [-0.2, -0.15) is 0 Å². The van der Waals surface area contributed by atoms with E-state index in [1.807, 2.05) is 0 Å². The van der Waals surface area contributed by atoms with E-state index in [1.54, 1.807) is 31.4 Å². The fourth-order valence-electron chi connectivity index (χ4n) is 1.81. The van der Waals surface area contributed by atoms with Gasteiger partial charge in [0.1, 0.15) is 5.75 Å². The van der Waals surface area contributed by atoms with Gasteiger partial charge in [0.2, 0.25) is 0 Å². The van der Waals surface area contributed by atoms with Crippen LogP contribution >= 0.6 is 0 Å². The minimum Gasteiger partial charge on any atom is -0.497 e. The number of nitrogens with zero attached hydrogens (tertiary/aromatic N) is 1. The second-order valence-corrected chi connectivity index (χ2v) is 4.25. The van der Waals surface area contributed by atoms with Crippen molar-refractivity contribution in [2.45, 2.75) is 0 Å². The molecule has 0 atom stereocenters. The molecular formula is C13H17N3O4. The summed E-state index contributed by atoms with van der Waals surface area (Å²) in [5.41, 5.74) is 0.531. The summed E-state index contributed by atoms with van der Waals surface area (Å²) in [6, 6.07) is 6.73. The minimum atomic E-state index is -0.793. The van der Waals surface area contributed by atoms with Gasteiger partial charge in [-0.25, -0.2) is 9.59 Å². The van der Waals surface area contributed by atoms with Crippen LogP contribution in [0.15, 0.2) is 24.3 Å². The van der Waals surface area contributed by atoms with Crippen LogP contribution in [0.3, 0.4) is 0 Å². The molecule has 1 aromatic carbocycles. The Morgan fingerprint density at radius 2 is 1.85 bits per heavy atom. The van der Waals surface area contributed by atoms with Crippen LogP contribution in [0, 0.1) is 0 Å². The van der Waals surface area contributed by atoms with Crippen LogP contribution in [0.2, 0.25) is 0 Å². The van der Waals surface area contributed by atoms with E-state index in [0.29, 0.717) is 37.6 Å². The lowest BCUT2D eigenvalue weighted by molar-refractivity contribution is 0.119. The van der Waals surface area contributed by atoms with Gasteiger partial charge < -0.3 is 19.7 Å². The molecule has 1 aliphatic rings. The Kier molecular flexibility index (Phi) is 4.78. The number of benzene rings is 1. The number of anilines is 1. The second kappa shape index (κ2) is 6.76. The molecule has 1 fully saturated rings. The average Bonchev–Trinajstić information content (AvgIpc) is 2.49. The fourth-order valence-corrected chi connectivity index (χ4v) is 1.81. The molecule has 2 rings (SSSR count). The smallest absolute Gasteiger partial charge is 0.420 e. The van der Waals surface area contributed by atoms with Crippen molar-refractivity contribution in [3.63, 3.8) is 0 Å². The Balaban J connectivity index is 1.83. The Morgan fingerprint density at radius 1 is 1.20 bits per heavy atom. The predicted octanol–water partition coefficient (Wildman–Crippen LogP) is 1.27. The highest BCUT2D eigenvalue weighted by Crippen LogP contribution is 2.15. The summed E-state index contributed by atoms with van der Waals surface area (Å²) < 4.78 is 9.74. The largest absolute Gasteiger partial charge is 0.497 e. The lowest BCUT2D eigenvalue weighted by atomic mass is 10.3. The normalized spacial score (nSPS) is 14.6. The molecule has 2 amide bonds. The third kappa shape index (κ3) is 3.86. The summed E-state index contributed by atoms with van der Waals surface area (Å²) in [6.07, 6.45) is -1.42. The van der Waals surface area contributed by atoms with E-state index < -0.39 is 12.2 Å². The monoisotopic (exact) mass is 279 g/mol. The first-order valence-corrected chi connectivity index (χ1v) is 6.31. The Labute approximate surface area is 116 Å². The lowest BCUT2D eigenvalue weighted by Crippen LogP contribution is -2.47. The maximum atomic E-state index is 11.7. The Morgan fingerprint density at radius 3 is 2.45 bits per heavy atom. The van der Waals surface area contributed by atoms with E-state index in [0.717, 1.165) is 0 Å². The highest BCUT2D eigenvalue weighted by molar-refractivity contribution is 5.92. The van der Waals surface area contributed by atoms with Crippen molar-refractivity contribution in [3.8, 4) is 5.75 Å². The first kappa shape index (κ1) is 14.1. The van der Waals surface area contributed by atoms with E-state index in [2.05, 4.69) is 10.6 Å². The standard InChI is InChI=1S/C13H17N3O4/c1-19-11-4-2-10(3-5-11)15-12(17)20-13(18)16-8-6-14-7-9-16/h2-5,14H,6-9H2,1H3,(H,15,17). The summed E-state index contributed by atoms with van der Waals surface area (Å²) >= 11 is 0. The molecule has 1 aliphatic heterocycles. The van der Waals surface area contributed by atoms with Gasteiger partial charge >= 0.3 is 12.2 Å². The minimum absolute atomic E-state index is 0.531. The number of carbonyl (C=O) groups excluding carboxylic acids is 2. The molecule has 0 radical (unpaired) electrons. The second-order valence-electron chi connectivity index (χ2n) is 4.25. The van der Waals surface area contributed by atoms with Gasteiger partial charge in [-0.1, -0.05) is 0 Å². The predicted molar refractivity (Wildman–Crippen MR) is 72.9 cm³/mol. The number of methoxy groups -OCH3 is 1. The number of carbonyl (C=O) groups is 2. The lowest BCUT2D eigenvalue weighted by Gasteiger charge is -2.25. The van der Waals surface area contributed by atoms with E-state index in [-0.39, 0.29) is 0 Å². The number of nitrogens with one attached hydrogen (secondary N) is 2. The molecule has 7 heteroatoms. The molecule has 7 nitrogen and oxygen atoms in total. The summed E-state index contributed by atoms with van der Waals surface area (Å²) in [6.45, 7) is 2.48. The zero-order valence-corrected chi connectivity index (χ0v) is 11.2. The molecule has 0 spiro atoms. The molecule has 0 saturated carbocycles. The van der Waals surface area contributed by atoms with Gasteiger partial charge in [0.05, 0.1) is 7.11 Å².